The number of hydrogen-bond donors (Lipinski definition) is 0. The number of hydrogen-bond acceptors (Lipinski definition) is 4. The van der Waals surface area contributed by atoms with Crippen molar-refractivity contribution in [3.8, 4) is 0 Å². The molecule has 0 atom stereocenters. The molecule has 5 nitrogen and oxygen atoms in total. The number of ether oxygens (including phenoxy) is 1. The van der Waals surface area contributed by atoms with E-state index in [0.717, 1.165) is 5.95 Å². The molecule has 0 amide bonds. The van der Waals surface area contributed by atoms with Crippen molar-refractivity contribution in [1.29, 1.82) is 0 Å². The van der Waals surface area contributed by atoms with Crippen LogP contribution in [0.1, 0.15) is 0 Å². The van der Waals surface area contributed by atoms with Crippen molar-refractivity contribution in [2.24, 2.45) is 0 Å². The fourth-order valence-electron chi connectivity index (χ4n) is 0.847. The lowest BCUT2D eigenvalue weighted by Crippen LogP contribution is -2.16. The maximum Gasteiger partial charge on any atom is 0.226 e. The summed E-state index contributed by atoms with van der Waals surface area (Å²) in [5, 5.41) is 4.08. The summed E-state index contributed by atoms with van der Waals surface area (Å²) in [5.41, 5.74) is 0. The lowest BCUT2D eigenvalue weighted by atomic mass is 10.8. The maximum absolute atomic E-state index is 4.94. The van der Waals surface area contributed by atoms with Gasteiger partial charge in [0.25, 0.3) is 0 Å². The molecule has 0 aromatic carbocycles. The van der Waals surface area contributed by atoms with Crippen LogP contribution in [0.15, 0.2) is 4.73 Å². The molecule has 68 valence electrons. The smallest absolute Gasteiger partial charge is 0.226 e. The molecule has 0 aliphatic heterocycles. The van der Waals surface area contributed by atoms with E-state index in [9.17, 15) is 0 Å². The molecule has 0 aliphatic carbocycles. The summed E-state index contributed by atoms with van der Waals surface area (Å²) in [5.74, 6) is 0.767. The maximum atomic E-state index is 4.94. The van der Waals surface area contributed by atoms with Gasteiger partial charge >= 0.3 is 0 Å². The topological polar surface area (TPSA) is 43.2 Å². The van der Waals surface area contributed by atoms with E-state index in [1.807, 2.05) is 19.0 Å². The van der Waals surface area contributed by atoms with Gasteiger partial charge in [-0.15, -0.1) is 5.10 Å². The molecule has 1 aromatic heterocycles. The molecular weight excluding hydrogens is 224 g/mol. The molecule has 0 unspecified atom stereocenters. The van der Waals surface area contributed by atoms with Gasteiger partial charge in [0.05, 0.1) is 0 Å². The molecule has 0 saturated heterocycles. The molecule has 0 fully saturated rings. The average Bonchev–Trinajstić information content (AvgIpc) is 2.32. The van der Waals surface area contributed by atoms with Crippen LogP contribution in [0.25, 0.3) is 0 Å². The predicted octanol–water partition coefficient (Wildman–Crippen LogP) is 0.710. The highest BCUT2D eigenvalue weighted by Gasteiger charge is 2.08. The molecule has 1 aromatic rings. The first-order valence-corrected chi connectivity index (χ1v) is 4.21. The molecule has 0 bridgehead atoms. The van der Waals surface area contributed by atoms with Gasteiger partial charge < -0.3 is 9.64 Å². The Kier molecular flexibility index (Phi) is 3.05. The zero-order chi connectivity index (χ0) is 9.14. The van der Waals surface area contributed by atoms with Gasteiger partial charge in [-0.1, -0.05) is 0 Å². The zero-order valence-electron chi connectivity index (χ0n) is 7.28. The van der Waals surface area contributed by atoms with Gasteiger partial charge in [-0.3, -0.25) is 0 Å². The van der Waals surface area contributed by atoms with Crippen molar-refractivity contribution >= 4 is 21.9 Å². The van der Waals surface area contributed by atoms with Crippen molar-refractivity contribution in [1.82, 2.24) is 14.8 Å². The van der Waals surface area contributed by atoms with Crippen molar-refractivity contribution in [2.75, 3.05) is 26.1 Å². The molecular formula is C6H11BrN4O. The van der Waals surface area contributed by atoms with E-state index in [1.165, 1.54) is 0 Å². The lowest BCUT2D eigenvalue weighted by molar-refractivity contribution is 0.121. The number of aromatic nitrogens is 3. The fraction of sp³-hybridized carbons (Fsp3) is 0.667. The number of nitrogens with zero attached hydrogens (tertiary/aromatic N) is 4. The Hall–Kier alpha value is -0.620. The molecule has 1 rings (SSSR count). The van der Waals surface area contributed by atoms with Crippen LogP contribution in [-0.4, -0.2) is 36.0 Å². The molecule has 6 heteroatoms. The summed E-state index contributed by atoms with van der Waals surface area (Å²) in [4.78, 5) is 6.02. The van der Waals surface area contributed by atoms with E-state index >= 15 is 0 Å². The van der Waals surface area contributed by atoms with Crippen LogP contribution in [0.2, 0.25) is 0 Å². The molecule has 0 saturated carbocycles. The Labute approximate surface area is 79.5 Å². The number of halogens is 1. The number of anilines is 1. The van der Waals surface area contributed by atoms with Gasteiger partial charge in [-0.05, 0) is 15.9 Å². The second-order valence-corrected chi connectivity index (χ2v) is 3.20. The molecule has 12 heavy (non-hydrogen) atoms. The number of methoxy groups -OCH3 is 1. The van der Waals surface area contributed by atoms with E-state index in [-0.39, 0.29) is 0 Å². The van der Waals surface area contributed by atoms with Crippen LogP contribution in [-0.2, 0) is 11.5 Å². The first-order valence-electron chi connectivity index (χ1n) is 3.41. The minimum absolute atomic E-state index is 0.409. The summed E-state index contributed by atoms with van der Waals surface area (Å²) >= 11 is 3.20. The van der Waals surface area contributed by atoms with E-state index < -0.39 is 0 Å². The van der Waals surface area contributed by atoms with Crippen LogP contribution < -0.4 is 4.90 Å². The van der Waals surface area contributed by atoms with Gasteiger partial charge in [-0.2, -0.15) is 4.98 Å². The quantitative estimate of drug-likeness (QED) is 0.773. The van der Waals surface area contributed by atoms with E-state index in [4.69, 9.17) is 4.74 Å². The highest BCUT2D eigenvalue weighted by atomic mass is 79.9. The first-order chi connectivity index (χ1) is 5.65. The van der Waals surface area contributed by atoms with Gasteiger partial charge in [0.15, 0.2) is 0 Å². The van der Waals surface area contributed by atoms with E-state index in [2.05, 4.69) is 26.0 Å². The molecule has 0 radical (unpaired) electrons. The van der Waals surface area contributed by atoms with Crippen LogP contribution in [0.4, 0.5) is 5.95 Å². The van der Waals surface area contributed by atoms with Crippen molar-refractivity contribution in [3.05, 3.63) is 4.73 Å². The number of rotatable bonds is 3. The largest absolute Gasteiger partial charge is 0.362 e. The fourth-order valence-corrected chi connectivity index (χ4v) is 1.20. The summed E-state index contributed by atoms with van der Waals surface area (Å²) in [6, 6.07) is 0. The predicted molar refractivity (Wildman–Crippen MR) is 49.1 cm³/mol. The summed E-state index contributed by atoms with van der Waals surface area (Å²) < 4.78 is 7.19. The van der Waals surface area contributed by atoms with Gasteiger partial charge in [0.1, 0.15) is 6.73 Å². The van der Waals surface area contributed by atoms with Crippen molar-refractivity contribution in [3.63, 3.8) is 0 Å². The first kappa shape index (κ1) is 9.47. The minimum atomic E-state index is 0.409. The summed E-state index contributed by atoms with van der Waals surface area (Å²) in [7, 11) is 5.43. The van der Waals surface area contributed by atoms with E-state index in [1.54, 1.807) is 11.8 Å². The Bertz CT molecular complexity index is 260. The Morgan fingerprint density at radius 2 is 2.25 bits per heavy atom. The second-order valence-electron chi connectivity index (χ2n) is 2.49. The van der Waals surface area contributed by atoms with E-state index in [0.29, 0.717) is 11.5 Å². The standard InChI is InChI=1S/C6H11BrN4O/c1-10(2)6-8-5(7)9-11(6)4-12-3/h4H2,1-3H3. The van der Waals surface area contributed by atoms with Crippen LogP contribution in [0.5, 0.6) is 0 Å². The summed E-state index contributed by atoms with van der Waals surface area (Å²) in [6.07, 6.45) is 0. The Balaban J connectivity index is 2.92. The van der Waals surface area contributed by atoms with Gasteiger partial charge in [-0.25, -0.2) is 4.68 Å². The third-order valence-electron chi connectivity index (χ3n) is 1.28. The molecule has 1 heterocycles. The Morgan fingerprint density at radius 3 is 2.75 bits per heavy atom. The lowest BCUT2D eigenvalue weighted by Gasteiger charge is -2.11. The van der Waals surface area contributed by atoms with Crippen molar-refractivity contribution in [2.45, 2.75) is 6.73 Å². The second kappa shape index (κ2) is 3.86. The third-order valence-corrected chi connectivity index (χ3v) is 1.61. The van der Waals surface area contributed by atoms with Crippen LogP contribution >= 0.6 is 15.9 Å². The Morgan fingerprint density at radius 1 is 1.58 bits per heavy atom. The van der Waals surface area contributed by atoms with Gasteiger partial charge in [0, 0.05) is 21.2 Å². The van der Waals surface area contributed by atoms with Gasteiger partial charge in [0.2, 0.25) is 10.7 Å². The monoisotopic (exact) mass is 234 g/mol. The van der Waals surface area contributed by atoms with Crippen LogP contribution in [0, 0.1) is 0 Å². The molecule has 0 spiro atoms. The van der Waals surface area contributed by atoms with Crippen LogP contribution in [0.3, 0.4) is 0 Å². The summed E-state index contributed by atoms with van der Waals surface area (Å²) in [6.45, 7) is 0.409. The zero-order valence-corrected chi connectivity index (χ0v) is 8.87. The normalized spacial score (nSPS) is 10.3. The highest BCUT2D eigenvalue weighted by Crippen LogP contribution is 2.11. The third kappa shape index (κ3) is 1.95. The highest BCUT2D eigenvalue weighted by molar-refractivity contribution is 9.10. The molecule has 0 N–H and O–H groups in total. The average molecular weight is 235 g/mol. The molecule has 0 aliphatic rings. The SMILES string of the molecule is COCn1nc(Br)nc1N(C)C. The minimum Gasteiger partial charge on any atom is -0.362 e. The van der Waals surface area contributed by atoms with Crippen molar-refractivity contribution < 1.29 is 4.74 Å².